The molecular weight excluding hydrogens is 204 g/mol. The van der Waals surface area contributed by atoms with Crippen LogP contribution in [0.25, 0.3) is 0 Å². The van der Waals surface area contributed by atoms with Crippen molar-refractivity contribution >= 4 is 11.3 Å². The van der Waals surface area contributed by atoms with Crippen molar-refractivity contribution in [1.29, 1.82) is 0 Å². The lowest BCUT2D eigenvalue weighted by Crippen LogP contribution is -2.40. The highest BCUT2D eigenvalue weighted by atomic mass is 32.1. The molecule has 1 aromatic rings. The third-order valence-electron chi connectivity index (χ3n) is 4.06. The fourth-order valence-corrected chi connectivity index (χ4v) is 3.35. The zero-order chi connectivity index (χ0) is 10.9. The molecule has 1 N–H and O–H groups in total. The van der Waals surface area contributed by atoms with Crippen LogP contribution in [0.15, 0.2) is 16.8 Å². The largest absolute Gasteiger partial charge is 0.389 e. The summed E-state index contributed by atoms with van der Waals surface area (Å²) in [5, 5.41) is 14.9. The molecule has 1 aromatic heterocycles. The van der Waals surface area contributed by atoms with E-state index in [2.05, 4.69) is 30.7 Å². The van der Waals surface area contributed by atoms with Gasteiger partial charge in [0.25, 0.3) is 0 Å². The summed E-state index contributed by atoms with van der Waals surface area (Å²) in [7, 11) is 0. The molecule has 1 heterocycles. The monoisotopic (exact) mass is 224 g/mol. The molecule has 2 heteroatoms. The highest BCUT2D eigenvalue weighted by molar-refractivity contribution is 7.07. The summed E-state index contributed by atoms with van der Waals surface area (Å²) in [6.07, 6.45) is 5.24. The maximum Gasteiger partial charge on any atom is 0.0701 e. The van der Waals surface area contributed by atoms with Crippen molar-refractivity contribution < 1.29 is 5.11 Å². The Morgan fingerprint density at radius 2 is 2.20 bits per heavy atom. The average Bonchev–Trinajstić information content (AvgIpc) is 2.73. The van der Waals surface area contributed by atoms with Crippen molar-refractivity contribution in [3.63, 3.8) is 0 Å². The number of hydrogen-bond acceptors (Lipinski definition) is 2. The van der Waals surface area contributed by atoms with Crippen LogP contribution < -0.4 is 0 Å². The Balaban J connectivity index is 1.99. The van der Waals surface area contributed by atoms with Crippen molar-refractivity contribution in [2.45, 2.75) is 51.6 Å². The third kappa shape index (κ3) is 2.11. The van der Waals surface area contributed by atoms with Gasteiger partial charge in [0.1, 0.15) is 0 Å². The van der Waals surface area contributed by atoms with Gasteiger partial charge in [-0.15, -0.1) is 0 Å². The van der Waals surface area contributed by atoms with Crippen molar-refractivity contribution in [3.05, 3.63) is 22.4 Å². The molecule has 84 valence electrons. The lowest BCUT2D eigenvalue weighted by Gasteiger charge is -2.37. The zero-order valence-electron chi connectivity index (χ0n) is 9.62. The lowest BCUT2D eigenvalue weighted by atomic mass is 9.75. The summed E-state index contributed by atoms with van der Waals surface area (Å²) in [4.78, 5) is 0. The van der Waals surface area contributed by atoms with E-state index in [1.165, 1.54) is 12.0 Å². The molecule has 0 aliphatic heterocycles. The second-order valence-electron chi connectivity index (χ2n) is 5.40. The zero-order valence-corrected chi connectivity index (χ0v) is 10.4. The Labute approximate surface area is 96.1 Å². The molecule has 1 saturated carbocycles. The van der Waals surface area contributed by atoms with Gasteiger partial charge in [0.05, 0.1) is 5.60 Å². The van der Waals surface area contributed by atoms with Crippen LogP contribution in [0.2, 0.25) is 0 Å². The topological polar surface area (TPSA) is 20.2 Å². The summed E-state index contributed by atoms with van der Waals surface area (Å²) in [6, 6.07) is 2.16. The summed E-state index contributed by atoms with van der Waals surface area (Å²) in [5.41, 5.74) is 1.04. The van der Waals surface area contributed by atoms with Gasteiger partial charge in [0, 0.05) is 0 Å². The molecule has 1 aliphatic carbocycles. The Morgan fingerprint density at radius 1 is 1.40 bits per heavy atom. The standard InChI is InChI=1S/C13H20OS/c1-12(2)6-3-7-13(12,14)8-4-11-5-9-15-10-11/h5,9-10,14H,3-4,6-8H2,1-2H3. The van der Waals surface area contributed by atoms with E-state index < -0.39 is 5.60 Å². The van der Waals surface area contributed by atoms with E-state index in [4.69, 9.17) is 0 Å². The van der Waals surface area contributed by atoms with Crippen molar-refractivity contribution in [2.75, 3.05) is 0 Å². The minimum absolute atomic E-state index is 0.100. The van der Waals surface area contributed by atoms with Gasteiger partial charge >= 0.3 is 0 Å². The summed E-state index contributed by atoms with van der Waals surface area (Å²) < 4.78 is 0. The Kier molecular flexibility index (Phi) is 2.91. The second kappa shape index (κ2) is 3.91. The first-order chi connectivity index (χ1) is 7.04. The van der Waals surface area contributed by atoms with E-state index >= 15 is 0 Å². The van der Waals surface area contributed by atoms with Crippen molar-refractivity contribution in [3.8, 4) is 0 Å². The van der Waals surface area contributed by atoms with Gasteiger partial charge in [0.15, 0.2) is 0 Å². The minimum Gasteiger partial charge on any atom is -0.389 e. The highest BCUT2D eigenvalue weighted by Crippen LogP contribution is 2.48. The van der Waals surface area contributed by atoms with E-state index in [9.17, 15) is 5.11 Å². The second-order valence-corrected chi connectivity index (χ2v) is 6.18. The third-order valence-corrected chi connectivity index (χ3v) is 4.79. The molecule has 2 rings (SSSR count). The molecule has 0 amide bonds. The van der Waals surface area contributed by atoms with Gasteiger partial charge in [0.2, 0.25) is 0 Å². The van der Waals surface area contributed by atoms with Crippen LogP contribution in [0.5, 0.6) is 0 Å². The molecule has 1 atom stereocenters. The highest BCUT2D eigenvalue weighted by Gasteiger charge is 2.46. The van der Waals surface area contributed by atoms with Gasteiger partial charge < -0.3 is 5.11 Å². The molecule has 0 radical (unpaired) electrons. The molecule has 0 saturated heterocycles. The lowest BCUT2D eigenvalue weighted by molar-refractivity contribution is -0.0490. The summed E-state index contributed by atoms with van der Waals surface area (Å²) in [6.45, 7) is 4.40. The smallest absolute Gasteiger partial charge is 0.0701 e. The van der Waals surface area contributed by atoms with Crippen LogP contribution in [0.1, 0.15) is 45.1 Å². The molecule has 0 bridgehead atoms. The Hall–Kier alpha value is -0.340. The number of thiophene rings is 1. The fraction of sp³-hybridized carbons (Fsp3) is 0.692. The van der Waals surface area contributed by atoms with Crippen LogP contribution >= 0.6 is 11.3 Å². The molecule has 1 unspecified atom stereocenters. The molecule has 15 heavy (non-hydrogen) atoms. The SMILES string of the molecule is CC1(C)CCCC1(O)CCc1ccsc1. The Morgan fingerprint density at radius 3 is 2.73 bits per heavy atom. The Bertz CT molecular complexity index is 315. The van der Waals surface area contributed by atoms with Gasteiger partial charge in [-0.2, -0.15) is 11.3 Å². The predicted octanol–water partition coefficient (Wildman–Crippen LogP) is 3.62. The predicted molar refractivity (Wildman–Crippen MR) is 65.2 cm³/mol. The fourth-order valence-electron chi connectivity index (χ4n) is 2.64. The first-order valence-electron chi connectivity index (χ1n) is 5.77. The maximum absolute atomic E-state index is 10.6. The van der Waals surface area contributed by atoms with E-state index in [0.717, 1.165) is 25.7 Å². The molecular formula is C13H20OS. The molecule has 0 spiro atoms. The molecule has 1 aliphatic rings. The first kappa shape index (κ1) is 11.2. The molecule has 0 aromatic carbocycles. The molecule has 1 fully saturated rings. The van der Waals surface area contributed by atoms with Gasteiger partial charge in [-0.25, -0.2) is 0 Å². The van der Waals surface area contributed by atoms with Gasteiger partial charge in [-0.3, -0.25) is 0 Å². The van der Waals surface area contributed by atoms with Crippen LogP contribution in [0.3, 0.4) is 0 Å². The average molecular weight is 224 g/mol. The number of hydrogen-bond donors (Lipinski definition) is 1. The number of rotatable bonds is 3. The summed E-state index contributed by atoms with van der Waals surface area (Å²) in [5.74, 6) is 0. The van der Waals surface area contributed by atoms with Crippen molar-refractivity contribution in [1.82, 2.24) is 0 Å². The van der Waals surface area contributed by atoms with Crippen LogP contribution in [0.4, 0.5) is 0 Å². The van der Waals surface area contributed by atoms with Gasteiger partial charge in [-0.1, -0.05) is 13.8 Å². The van der Waals surface area contributed by atoms with Gasteiger partial charge in [-0.05, 0) is 59.9 Å². The molecule has 1 nitrogen and oxygen atoms in total. The first-order valence-corrected chi connectivity index (χ1v) is 6.71. The van der Waals surface area contributed by atoms with Crippen molar-refractivity contribution in [2.24, 2.45) is 5.41 Å². The van der Waals surface area contributed by atoms with Crippen LogP contribution in [0, 0.1) is 5.41 Å². The number of aryl methyl sites for hydroxylation is 1. The van der Waals surface area contributed by atoms with E-state index in [-0.39, 0.29) is 5.41 Å². The summed E-state index contributed by atoms with van der Waals surface area (Å²) >= 11 is 1.74. The van der Waals surface area contributed by atoms with E-state index in [1.807, 2.05) is 0 Å². The number of aliphatic hydroxyl groups is 1. The van der Waals surface area contributed by atoms with E-state index in [0.29, 0.717) is 0 Å². The van der Waals surface area contributed by atoms with Crippen LogP contribution in [-0.2, 0) is 6.42 Å². The minimum atomic E-state index is -0.436. The maximum atomic E-state index is 10.6. The quantitative estimate of drug-likeness (QED) is 0.831. The van der Waals surface area contributed by atoms with E-state index in [1.54, 1.807) is 11.3 Å². The van der Waals surface area contributed by atoms with Crippen LogP contribution in [-0.4, -0.2) is 10.7 Å². The normalized spacial score (nSPS) is 29.5.